The molecule has 0 aliphatic carbocycles. The van der Waals surface area contributed by atoms with Gasteiger partial charge in [0, 0.05) is 13.1 Å². The number of benzene rings is 1. The topological polar surface area (TPSA) is 74.7 Å². The smallest absolute Gasteiger partial charge is 0.309 e. The van der Waals surface area contributed by atoms with Gasteiger partial charge in [-0.3, -0.25) is 4.79 Å². The number of carboxylic acids is 1. The zero-order chi connectivity index (χ0) is 16.0. The van der Waals surface area contributed by atoms with Gasteiger partial charge in [-0.25, -0.2) is 8.42 Å². The molecule has 0 aromatic heterocycles. The molecule has 0 radical (unpaired) electrons. The highest BCUT2D eigenvalue weighted by Crippen LogP contribution is 2.31. The van der Waals surface area contributed by atoms with Gasteiger partial charge in [0.15, 0.2) is 0 Å². The molecule has 0 saturated carbocycles. The summed E-state index contributed by atoms with van der Waals surface area (Å²) in [5, 5.41) is 8.87. The van der Waals surface area contributed by atoms with Gasteiger partial charge in [0.25, 0.3) is 0 Å². The summed E-state index contributed by atoms with van der Waals surface area (Å²) in [7, 11) is -3.61. The Morgan fingerprint density at radius 2 is 1.86 bits per heavy atom. The summed E-state index contributed by atoms with van der Waals surface area (Å²) in [6.45, 7) is 7.94. The highest BCUT2D eigenvalue weighted by molar-refractivity contribution is 7.89. The number of aryl methyl sites for hydroxylation is 1. The molecular formula is C15H21NO4S. The predicted molar refractivity (Wildman–Crippen MR) is 79.8 cm³/mol. The molecular weight excluding hydrogens is 290 g/mol. The zero-order valence-corrected chi connectivity index (χ0v) is 13.6. The lowest BCUT2D eigenvalue weighted by Crippen LogP contribution is -2.52. The van der Waals surface area contributed by atoms with E-state index < -0.39 is 21.9 Å². The second-order valence-electron chi connectivity index (χ2n) is 6.59. The van der Waals surface area contributed by atoms with Crippen molar-refractivity contribution < 1.29 is 18.3 Å². The molecule has 0 bridgehead atoms. The number of carbonyl (C=O) groups is 1. The van der Waals surface area contributed by atoms with Crippen LogP contribution in [-0.4, -0.2) is 36.9 Å². The van der Waals surface area contributed by atoms with Crippen molar-refractivity contribution in [1.29, 1.82) is 0 Å². The van der Waals surface area contributed by atoms with Gasteiger partial charge in [0.1, 0.15) is 0 Å². The van der Waals surface area contributed by atoms with Gasteiger partial charge < -0.3 is 5.11 Å². The molecule has 1 aromatic rings. The van der Waals surface area contributed by atoms with Crippen molar-refractivity contribution in [2.24, 2.45) is 5.92 Å². The molecule has 2 rings (SSSR count). The molecule has 1 N–H and O–H groups in total. The van der Waals surface area contributed by atoms with Crippen LogP contribution in [0.15, 0.2) is 23.1 Å². The third-order valence-corrected chi connectivity index (χ3v) is 5.84. The van der Waals surface area contributed by atoms with E-state index in [1.165, 1.54) is 4.31 Å². The first-order valence-electron chi connectivity index (χ1n) is 6.87. The molecule has 21 heavy (non-hydrogen) atoms. The lowest BCUT2D eigenvalue weighted by molar-refractivity contribution is -0.145. The Morgan fingerprint density at radius 1 is 1.29 bits per heavy atom. The summed E-state index contributed by atoms with van der Waals surface area (Å²) in [5.41, 5.74) is 1.49. The Labute approximate surface area is 125 Å². The molecule has 116 valence electrons. The normalized spacial score (nSPS) is 17.5. The highest BCUT2D eigenvalue weighted by atomic mass is 32.2. The van der Waals surface area contributed by atoms with Crippen LogP contribution >= 0.6 is 0 Å². The van der Waals surface area contributed by atoms with Crippen molar-refractivity contribution in [3.63, 3.8) is 0 Å². The van der Waals surface area contributed by atoms with E-state index in [-0.39, 0.29) is 23.4 Å². The van der Waals surface area contributed by atoms with Crippen LogP contribution < -0.4 is 0 Å². The van der Waals surface area contributed by atoms with Crippen LogP contribution in [0.4, 0.5) is 0 Å². The quantitative estimate of drug-likeness (QED) is 0.926. The van der Waals surface area contributed by atoms with Crippen molar-refractivity contribution in [1.82, 2.24) is 4.31 Å². The maximum Gasteiger partial charge on any atom is 0.309 e. The van der Waals surface area contributed by atoms with Crippen LogP contribution in [0.2, 0.25) is 0 Å². The average Bonchev–Trinajstić information content (AvgIpc) is 2.24. The first-order valence-corrected chi connectivity index (χ1v) is 8.31. The van der Waals surface area contributed by atoms with E-state index >= 15 is 0 Å². The van der Waals surface area contributed by atoms with E-state index in [1.54, 1.807) is 13.0 Å². The van der Waals surface area contributed by atoms with Gasteiger partial charge >= 0.3 is 5.97 Å². The Morgan fingerprint density at radius 3 is 2.33 bits per heavy atom. The first-order chi connectivity index (χ1) is 9.53. The molecule has 1 aliphatic rings. The largest absolute Gasteiger partial charge is 0.481 e. The fraction of sp³-hybridized carbons (Fsp3) is 0.533. The average molecular weight is 311 g/mol. The maximum atomic E-state index is 12.6. The van der Waals surface area contributed by atoms with E-state index in [1.807, 2.05) is 32.9 Å². The highest BCUT2D eigenvalue weighted by Gasteiger charge is 2.41. The molecule has 0 amide bonds. The lowest BCUT2D eigenvalue weighted by atomic mass is 9.87. The molecule has 0 unspecified atom stereocenters. The van der Waals surface area contributed by atoms with E-state index in [0.717, 1.165) is 5.56 Å². The van der Waals surface area contributed by atoms with Crippen molar-refractivity contribution in [3.8, 4) is 0 Å². The van der Waals surface area contributed by atoms with E-state index in [4.69, 9.17) is 5.11 Å². The van der Waals surface area contributed by atoms with Crippen molar-refractivity contribution in [2.75, 3.05) is 13.1 Å². The Bertz CT molecular complexity index is 667. The fourth-order valence-electron chi connectivity index (χ4n) is 2.27. The van der Waals surface area contributed by atoms with Crippen LogP contribution in [0.5, 0.6) is 0 Å². The molecule has 1 fully saturated rings. The Kier molecular flexibility index (Phi) is 3.88. The van der Waals surface area contributed by atoms with E-state index in [2.05, 4.69) is 0 Å². The molecule has 0 atom stereocenters. The fourth-order valence-corrected chi connectivity index (χ4v) is 4.06. The van der Waals surface area contributed by atoms with Crippen LogP contribution in [0.3, 0.4) is 0 Å². The van der Waals surface area contributed by atoms with Crippen LogP contribution in [0, 0.1) is 12.8 Å². The number of carboxylic acid groups (broad SMARTS) is 1. The third kappa shape index (κ3) is 2.96. The summed E-state index contributed by atoms with van der Waals surface area (Å²) in [4.78, 5) is 11.1. The Balaban J connectivity index is 2.35. The van der Waals surface area contributed by atoms with Gasteiger partial charge in [-0.1, -0.05) is 32.9 Å². The minimum atomic E-state index is -3.61. The maximum absolute atomic E-state index is 12.6. The number of sulfonamides is 1. The second kappa shape index (κ2) is 5.10. The monoisotopic (exact) mass is 311 g/mol. The zero-order valence-electron chi connectivity index (χ0n) is 12.8. The number of aliphatic carboxylic acids is 1. The predicted octanol–water partition coefficient (Wildman–Crippen LogP) is 2.00. The van der Waals surface area contributed by atoms with Crippen LogP contribution in [0.1, 0.15) is 31.9 Å². The van der Waals surface area contributed by atoms with E-state index in [9.17, 15) is 13.2 Å². The molecule has 1 aromatic carbocycles. The number of nitrogens with zero attached hydrogens (tertiary/aromatic N) is 1. The van der Waals surface area contributed by atoms with Gasteiger partial charge in [0.05, 0.1) is 10.8 Å². The van der Waals surface area contributed by atoms with Gasteiger partial charge in [-0.05, 0) is 29.5 Å². The number of hydrogen-bond donors (Lipinski definition) is 1. The van der Waals surface area contributed by atoms with Gasteiger partial charge in [-0.15, -0.1) is 0 Å². The van der Waals surface area contributed by atoms with Gasteiger partial charge in [-0.2, -0.15) is 4.31 Å². The molecule has 6 heteroatoms. The summed E-state index contributed by atoms with van der Waals surface area (Å²) in [6.07, 6.45) is 0. The van der Waals surface area contributed by atoms with Gasteiger partial charge in [0.2, 0.25) is 10.0 Å². The van der Waals surface area contributed by atoms with Crippen molar-refractivity contribution in [2.45, 2.75) is 38.0 Å². The lowest BCUT2D eigenvalue weighted by Gasteiger charge is -2.36. The van der Waals surface area contributed by atoms with Crippen molar-refractivity contribution >= 4 is 16.0 Å². The number of hydrogen-bond acceptors (Lipinski definition) is 3. The molecule has 5 nitrogen and oxygen atoms in total. The summed E-state index contributed by atoms with van der Waals surface area (Å²) in [6, 6.07) is 5.45. The Hall–Kier alpha value is -1.40. The number of rotatable bonds is 3. The summed E-state index contributed by atoms with van der Waals surface area (Å²) < 4.78 is 26.5. The standard InChI is InChI=1S/C15H21NO4S/c1-10-5-6-12(15(2,3)4)7-13(10)21(19,20)16-8-11(9-16)14(17)18/h5-7,11H,8-9H2,1-4H3,(H,17,18). The van der Waals surface area contributed by atoms with Crippen LogP contribution in [0.25, 0.3) is 0 Å². The SMILES string of the molecule is Cc1ccc(C(C)(C)C)cc1S(=O)(=O)N1CC(C(=O)O)C1. The van der Waals surface area contributed by atoms with E-state index in [0.29, 0.717) is 5.56 Å². The summed E-state index contributed by atoms with van der Waals surface area (Å²) >= 11 is 0. The van der Waals surface area contributed by atoms with Crippen molar-refractivity contribution in [3.05, 3.63) is 29.3 Å². The minimum absolute atomic E-state index is 0.0524. The third-order valence-electron chi connectivity index (χ3n) is 3.87. The molecule has 0 spiro atoms. The molecule has 1 heterocycles. The van der Waals surface area contributed by atoms with Crippen LogP contribution in [-0.2, 0) is 20.2 Å². The minimum Gasteiger partial charge on any atom is -0.481 e. The first kappa shape index (κ1) is 16.0. The molecule has 1 aliphatic heterocycles. The summed E-state index contributed by atoms with van der Waals surface area (Å²) in [5.74, 6) is -1.53. The second-order valence-corrected chi connectivity index (χ2v) is 8.49. The molecule has 1 saturated heterocycles.